The maximum atomic E-state index is 4.63. The number of benzene rings is 1. The van der Waals surface area contributed by atoms with Crippen LogP contribution in [0.15, 0.2) is 17.1 Å². The molecule has 1 aromatic carbocycles. The van der Waals surface area contributed by atoms with Crippen LogP contribution >= 0.6 is 45.2 Å². The van der Waals surface area contributed by atoms with Crippen LogP contribution in [0.4, 0.5) is 5.69 Å². The minimum Gasteiger partial charge on any atom is -0.257 e. The van der Waals surface area contributed by atoms with Gasteiger partial charge in [-0.15, -0.1) is 0 Å². The second kappa shape index (κ2) is 3.43. The number of hydrogen-bond acceptors (Lipinski definition) is 1. The maximum Gasteiger partial charge on any atom is 0.0691 e. The number of aliphatic imine (C=N–C) groups is 1. The lowest BCUT2D eigenvalue weighted by Crippen LogP contribution is -2.23. The molecule has 0 bridgehead atoms. The quantitative estimate of drug-likeness (QED) is 0.566. The Labute approximate surface area is 112 Å². The summed E-state index contributed by atoms with van der Waals surface area (Å²) in [5.41, 5.74) is 3.86. The van der Waals surface area contributed by atoms with Crippen molar-refractivity contribution in [2.75, 3.05) is 0 Å². The van der Waals surface area contributed by atoms with E-state index in [1.54, 1.807) is 0 Å². The molecule has 1 nitrogen and oxygen atoms in total. The first-order chi connectivity index (χ1) is 6.43. The second-order valence-electron chi connectivity index (χ2n) is 4.10. The minimum absolute atomic E-state index is 0.107. The van der Waals surface area contributed by atoms with E-state index < -0.39 is 0 Å². The van der Waals surface area contributed by atoms with Gasteiger partial charge in [0, 0.05) is 23.8 Å². The molecule has 0 radical (unpaired) electrons. The van der Waals surface area contributed by atoms with E-state index >= 15 is 0 Å². The molecule has 0 saturated heterocycles. The number of halogens is 2. The van der Waals surface area contributed by atoms with Gasteiger partial charge in [0.05, 0.1) is 5.69 Å². The topological polar surface area (TPSA) is 12.4 Å². The zero-order valence-corrected chi connectivity index (χ0v) is 12.7. The van der Waals surface area contributed by atoms with Gasteiger partial charge < -0.3 is 0 Å². The summed E-state index contributed by atoms with van der Waals surface area (Å²) in [5, 5.41) is 0. The van der Waals surface area contributed by atoms with Crippen LogP contribution in [0, 0.1) is 7.14 Å². The van der Waals surface area contributed by atoms with E-state index in [4.69, 9.17) is 0 Å². The molecule has 0 fully saturated rings. The molecule has 0 N–H and O–H groups in total. The van der Waals surface area contributed by atoms with Gasteiger partial charge in [-0.25, -0.2) is 0 Å². The predicted molar refractivity (Wildman–Crippen MR) is 77.7 cm³/mol. The molecule has 1 aliphatic heterocycles. The lowest BCUT2D eigenvalue weighted by Gasteiger charge is -2.21. The van der Waals surface area contributed by atoms with Crippen LogP contribution in [0.25, 0.3) is 0 Å². The highest BCUT2D eigenvalue weighted by Gasteiger charge is 2.34. The number of rotatable bonds is 0. The van der Waals surface area contributed by atoms with Crippen molar-refractivity contribution in [1.29, 1.82) is 0 Å². The normalized spacial score (nSPS) is 17.9. The molecule has 74 valence electrons. The third kappa shape index (κ3) is 1.52. The molecule has 0 unspecified atom stereocenters. The minimum atomic E-state index is 0.107. The van der Waals surface area contributed by atoms with Gasteiger partial charge in [-0.1, -0.05) is 13.8 Å². The molecular weight excluding hydrogens is 400 g/mol. The fourth-order valence-electron chi connectivity index (χ4n) is 1.77. The molecule has 1 aliphatic rings. The van der Waals surface area contributed by atoms with Gasteiger partial charge in [0.15, 0.2) is 0 Å². The van der Waals surface area contributed by atoms with Crippen molar-refractivity contribution in [3.63, 3.8) is 0 Å². The van der Waals surface area contributed by atoms with Crippen molar-refractivity contribution in [3.05, 3.63) is 24.8 Å². The zero-order chi connectivity index (χ0) is 10.5. The van der Waals surface area contributed by atoms with Crippen LogP contribution in [0.2, 0.25) is 0 Å². The highest BCUT2D eigenvalue weighted by atomic mass is 127. The average molecular weight is 411 g/mol. The fourth-order valence-corrected chi connectivity index (χ4v) is 4.26. The van der Waals surface area contributed by atoms with Crippen LogP contribution < -0.4 is 0 Å². The lowest BCUT2D eigenvalue weighted by atomic mass is 9.82. The van der Waals surface area contributed by atoms with E-state index in [9.17, 15) is 0 Å². The first-order valence-electron chi connectivity index (χ1n) is 4.48. The smallest absolute Gasteiger partial charge is 0.0691 e. The first-order valence-corrected chi connectivity index (χ1v) is 6.64. The van der Waals surface area contributed by atoms with Gasteiger partial charge in [0.25, 0.3) is 0 Å². The van der Waals surface area contributed by atoms with Crippen molar-refractivity contribution >= 4 is 56.6 Å². The van der Waals surface area contributed by atoms with Crippen molar-refractivity contribution in [2.45, 2.75) is 26.2 Å². The lowest BCUT2D eigenvalue weighted by molar-refractivity contribution is 0.728. The van der Waals surface area contributed by atoms with E-state index in [0.29, 0.717) is 0 Å². The summed E-state index contributed by atoms with van der Waals surface area (Å²) in [6.07, 6.45) is 0. The molecule has 0 atom stereocenters. The van der Waals surface area contributed by atoms with E-state index in [2.05, 4.69) is 83.1 Å². The summed E-state index contributed by atoms with van der Waals surface area (Å²) in [6.45, 7) is 6.60. The molecule has 0 aliphatic carbocycles. The molecule has 0 aromatic heterocycles. The largest absolute Gasteiger partial charge is 0.257 e. The molecule has 14 heavy (non-hydrogen) atoms. The van der Waals surface area contributed by atoms with E-state index in [-0.39, 0.29) is 5.41 Å². The van der Waals surface area contributed by atoms with Crippen LogP contribution in [-0.4, -0.2) is 5.71 Å². The van der Waals surface area contributed by atoms with Crippen molar-refractivity contribution in [3.8, 4) is 0 Å². The average Bonchev–Trinajstić information content (AvgIpc) is 2.21. The Morgan fingerprint density at radius 3 is 2.50 bits per heavy atom. The van der Waals surface area contributed by atoms with Crippen LogP contribution in [0.5, 0.6) is 0 Å². The molecule has 1 heterocycles. The Kier molecular flexibility index (Phi) is 2.66. The Morgan fingerprint density at radius 1 is 1.21 bits per heavy atom. The summed E-state index contributed by atoms with van der Waals surface area (Å²) >= 11 is 4.75. The Hall–Kier alpha value is 0.350. The molecular formula is C11H11I2N. The van der Waals surface area contributed by atoms with E-state index in [0.717, 1.165) is 5.69 Å². The number of fused-ring (bicyclic) bond motifs is 1. The fraction of sp³-hybridized carbons (Fsp3) is 0.364. The Bertz CT molecular complexity index is 433. The molecule has 3 heteroatoms. The molecule has 0 amide bonds. The number of hydrogen-bond donors (Lipinski definition) is 0. The first kappa shape index (κ1) is 10.9. The number of nitrogens with zero attached hydrogens (tertiary/aromatic N) is 1. The van der Waals surface area contributed by atoms with Gasteiger partial charge in [0.1, 0.15) is 0 Å². The van der Waals surface area contributed by atoms with E-state index in [1.807, 2.05) is 0 Å². The van der Waals surface area contributed by atoms with Crippen molar-refractivity contribution in [2.24, 2.45) is 4.99 Å². The summed E-state index contributed by atoms with van der Waals surface area (Å²) < 4.78 is 2.59. The van der Waals surface area contributed by atoms with Gasteiger partial charge >= 0.3 is 0 Å². The van der Waals surface area contributed by atoms with Crippen molar-refractivity contribution < 1.29 is 0 Å². The summed E-state index contributed by atoms with van der Waals surface area (Å²) in [5.74, 6) is 0. The van der Waals surface area contributed by atoms with Crippen LogP contribution in [-0.2, 0) is 5.41 Å². The van der Waals surface area contributed by atoms with Crippen molar-refractivity contribution in [1.82, 2.24) is 0 Å². The molecule has 0 saturated carbocycles. The molecule has 0 spiro atoms. The zero-order valence-electron chi connectivity index (χ0n) is 8.36. The molecule has 1 aromatic rings. The van der Waals surface area contributed by atoms with Crippen LogP contribution in [0.3, 0.4) is 0 Å². The SMILES string of the molecule is CC1=Nc2cc(I)cc(I)c2C1(C)C. The Morgan fingerprint density at radius 2 is 1.86 bits per heavy atom. The van der Waals surface area contributed by atoms with Gasteiger partial charge in [-0.2, -0.15) is 0 Å². The van der Waals surface area contributed by atoms with Gasteiger partial charge in [-0.3, -0.25) is 4.99 Å². The molecule has 2 rings (SSSR count). The van der Waals surface area contributed by atoms with Crippen LogP contribution in [0.1, 0.15) is 26.3 Å². The van der Waals surface area contributed by atoms with E-state index in [1.165, 1.54) is 18.4 Å². The highest BCUT2D eigenvalue weighted by molar-refractivity contribution is 14.1. The maximum absolute atomic E-state index is 4.63. The monoisotopic (exact) mass is 411 g/mol. The summed E-state index contributed by atoms with van der Waals surface area (Å²) in [4.78, 5) is 4.63. The third-order valence-electron chi connectivity index (χ3n) is 2.85. The standard InChI is InChI=1S/C11H11I2N/c1-6-11(2,3)10-8(13)4-7(12)5-9(10)14-6/h4-5H,1-3H3. The summed E-state index contributed by atoms with van der Waals surface area (Å²) in [6, 6.07) is 4.38. The van der Waals surface area contributed by atoms with Gasteiger partial charge in [0.2, 0.25) is 0 Å². The third-order valence-corrected chi connectivity index (χ3v) is 4.33. The second-order valence-corrected chi connectivity index (χ2v) is 6.51. The predicted octanol–water partition coefficient (Wildman–Crippen LogP) is 4.28. The Balaban J connectivity index is 2.73. The highest BCUT2D eigenvalue weighted by Crippen LogP contribution is 2.43. The summed E-state index contributed by atoms with van der Waals surface area (Å²) in [7, 11) is 0. The van der Waals surface area contributed by atoms with Gasteiger partial charge in [-0.05, 0) is 64.2 Å².